The van der Waals surface area contributed by atoms with E-state index in [-0.39, 0.29) is 37.1 Å². The van der Waals surface area contributed by atoms with E-state index in [1.165, 1.54) is 0 Å². The highest BCUT2D eigenvalue weighted by atomic mass is 16.5. The molecule has 2 unspecified atom stereocenters. The topological polar surface area (TPSA) is 123 Å². The number of aliphatic hydroxyl groups is 2. The first-order valence-electron chi connectivity index (χ1n) is 10.6. The van der Waals surface area contributed by atoms with Crippen LogP contribution in [0.5, 0.6) is 5.75 Å². The van der Waals surface area contributed by atoms with Crippen LogP contribution >= 0.6 is 0 Å². The molecule has 0 spiro atoms. The van der Waals surface area contributed by atoms with E-state index in [0.29, 0.717) is 16.5 Å². The summed E-state index contributed by atoms with van der Waals surface area (Å²) in [7, 11) is 3.12. The lowest BCUT2D eigenvalue weighted by molar-refractivity contribution is -0.166. The molecular weight excluding hydrogens is 398 g/mol. The number of fused-ring (bicyclic) bond motifs is 1. The molecular formula is C21H32B2N2O6. The third-order valence-electron chi connectivity index (χ3n) is 5.73. The fraction of sp³-hybridized carbons (Fsp3) is 0.524. The molecule has 0 aliphatic rings. The van der Waals surface area contributed by atoms with Gasteiger partial charge in [-0.15, -0.1) is 0 Å². The number of carboxylic acid groups (broad SMARTS) is 1. The number of H-pyrrole nitrogens is 1. The van der Waals surface area contributed by atoms with Crippen molar-refractivity contribution in [3.63, 3.8) is 0 Å². The highest BCUT2D eigenvalue weighted by Crippen LogP contribution is 2.40. The Labute approximate surface area is 184 Å². The fourth-order valence-electron chi connectivity index (χ4n) is 4.29. The van der Waals surface area contributed by atoms with Gasteiger partial charge in [-0.05, 0) is 46.2 Å². The number of carbonyl (C=O) groups is 2. The molecule has 0 aliphatic carbocycles. The highest BCUT2D eigenvalue weighted by molar-refractivity contribution is 6.26. The quantitative estimate of drug-likeness (QED) is 0.188. The number of rotatable bonds is 10. The Morgan fingerprint density at radius 1 is 1.13 bits per heavy atom. The standard InChI is InChI=1S/C21H32B2N2O6/c1-12(2)25(13(3)4)21(23,30)20(22,29)14-11-24-15-7-5-8-16(19(14)15)31-18(28)10-6-9-17(26)27/h5,7-8,11-13,24,29-30H,6,9-10,22-23H2,1-4H3,(H,26,27). The van der Waals surface area contributed by atoms with Gasteiger partial charge in [0.15, 0.2) is 15.7 Å². The van der Waals surface area contributed by atoms with E-state index in [4.69, 9.17) is 9.84 Å². The molecule has 1 heterocycles. The lowest BCUT2D eigenvalue weighted by Gasteiger charge is -2.51. The van der Waals surface area contributed by atoms with Gasteiger partial charge in [0.05, 0.1) is 5.50 Å². The molecule has 4 N–H and O–H groups in total. The van der Waals surface area contributed by atoms with Crippen LogP contribution in [0.2, 0.25) is 0 Å². The number of aliphatic carboxylic acids is 1. The molecule has 0 saturated heterocycles. The molecule has 2 aromatic rings. The van der Waals surface area contributed by atoms with Gasteiger partial charge < -0.3 is 25.0 Å². The average Bonchev–Trinajstić information content (AvgIpc) is 3.06. The molecule has 2 atom stereocenters. The summed E-state index contributed by atoms with van der Waals surface area (Å²) in [6.07, 6.45) is 1.63. The number of hydrogen-bond donors (Lipinski definition) is 4. The van der Waals surface area contributed by atoms with Crippen molar-refractivity contribution in [3.8, 4) is 5.75 Å². The van der Waals surface area contributed by atoms with Crippen molar-refractivity contribution in [3.05, 3.63) is 30.0 Å². The molecule has 0 bridgehead atoms. The number of esters is 1. The summed E-state index contributed by atoms with van der Waals surface area (Å²) in [5.74, 6) is -1.29. The molecule has 0 amide bonds. The van der Waals surface area contributed by atoms with Crippen molar-refractivity contribution in [1.82, 2.24) is 9.88 Å². The number of hydrogen-bond acceptors (Lipinski definition) is 6. The number of nitrogens with zero attached hydrogens (tertiary/aromatic N) is 1. The number of nitrogens with one attached hydrogen (secondary N) is 1. The van der Waals surface area contributed by atoms with Gasteiger partial charge in [0, 0.05) is 47.6 Å². The molecule has 8 nitrogen and oxygen atoms in total. The lowest BCUT2D eigenvalue weighted by atomic mass is 9.59. The van der Waals surface area contributed by atoms with Gasteiger partial charge in [0.2, 0.25) is 0 Å². The van der Waals surface area contributed by atoms with E-state index in [9.17, 15) is 19.8 Å². The SMILES string of the molecule is BC(O)(c1c[nH]c2cccc(OC(=O)CCCC(=O)O)c12)C(B)(O)N(C(C)C)C(C)C. The maximum Gasteiger partial charge on any atom is 0.311 e. The molecule has 1 aromatic carbocycles. The van der Waals surface area contributed by atoms with Crippen LogP contribution in [-0.2, 0) is 15.1 Å². The first kappa shape index (κ1) is 25.0. The Kier molecular flexibility index (Phi) is 7.62. The van der Waals surface area contributed by atoms with Crippen LogP contribution in [0.4, 0.5) is 0 Å². The average molecular weight is 430 g/mol. The molecule has 0 saturated carbocycles. The van der Waals surface area contributed by atoms with E-state index >= 15 is 0 Å². The second kappa shape index (κ2) is 9.46. The molecule has 168 valence electrons. The maximum absolute atomic E-state index is 12.3. The number of aromatic nitrogens is 1. The van der Waals surface area contributed by atoms with E-state index in [2.05, 4.69) is 4.98 Å². The first-order chi connectivity index (χ1) is 14.3. The number of carboxylic acids is 1. The Morgan fingerprint density at radius 3 is 2.29 bits per heavy atom. The van der Waals surface area contributed by atoms with Crippen LogP contribution in [0.25, 0.3) is 10.9 Å². The molecule has 10 heteroatoms. The maximum atomic E-state index is 12.3. The molecule has 2 rings (SSSR count). The normalized spacial score (nSPS) is 15.9. The van der Waals surface area contributed by atoms with E-state index in [1.54, 1.807) is 40.1 Å². The zero-order valence-electron chi connectivity index (χ0n) is 19.1. The molecule has 31 heavy (non-hydrogen) atoms. The van der Waals surface area contributed by atoms with Crippen molar-refractivity contribution in [2.45, 2.75) is 70.2 Å². The van der Waals surface area contributed by atoms with Gasteiger partial charge in [-0.2, -0.15) is 0 Å². The number of ether oxygens (including phenoxy) is 1. The Morgan fingerprint density at radius 2 is 1.74 bits per heavy atom. The lowest BCUT2D eigenvalue weighted by Crippen LogP contribution is -2.67. The minimum Gasteiger partial charge on any atom is -0.481 e. The van der Waals surface area contributed by atoms with Crippen LogP contribution in [0.3, 0.4) is 0 Å². The van der Waals surface area contributed by atoms with Gasteiger partial charge >= 0.3 is 11.9 Å². The summed E-state index contributed by atoms with van der Waals surface area (Å²) in [6.45, 7) is 7.79. The van der Waals surface area contributed by atoms with Crippen LogP contribution in [-0.4, -0.2) is 70.5 Å². The van der Waals surface area contributed by atoms with Crippen molar-refractivity contribution in [2.24, 2.45) is 0 Å². The Hall–Kier alpha value is -2.29. The van der Waals surface area contributed by atoms with E-state index in [1.807, 2.05) is 32.6 Å². The summed E-state index contributed by atoms with van der Waals surface area (Å²) in [5, 5.41) is 32.4. The predicted molar refractivity (Wildman–Crippen MR) is 123 cm³/mol. The van der Waals surface area contributed by atoms with Crippen LogP contribution in [0.15, 0.2) is 24.4 Å². The molecule has 1 aromatic heterocycles. The monoisotopic (exact) mass is 430 g/mol. The van der Waals surface area contributed by atoms with Gasteiger partial charge in [0.25, 0.3) is 0 Å². The number of benzene rings is 1. The zero-order valence-corrected chi connectivity index (χ0v) is 19.1. The summed E-state index contributed by atoms with van der Waals surface area (Å²) in [4.78, 5) is 27.8. The highest BCUT2D eigenvalue weighted by Gasteiger charge is 2.49. The fourth-order valence-corrected chi connectivity index (χ4v) is 4.29. The largest absolute Gasteiger partial charge is 0.481 e. The smallest absolute Gasteiger partial charge is 0.311 e. The van der Waals surface area contributed by atoms with E-state index in [0.717, 1.165) is 0 Å². The van der Waals surface area contributed by atoms with Crippen molar-refractivity contribution in [1.29, 1.82) is 0 Å². The molecule has 0 fully saturated rings. The summed E-state index contributed by atoms with van der Waals surface area (Å²) in [5.41, 5.74) is -2.32. The summed E-state index contributed by atoms with van der Waals surface area (Å²) >= 11 is 0. The number of aromatic amines is 1. The number of carbonyl (C=O) groups excluding carboxylic acids is 1. The van der Waals surface area contributed by atoms with Crippen LogP contribution < -0.4 is 4.74 Å². The van der Waals surface area contributed by atoms with Crippen LogP contribution in [0.1, 0.15) is 52.5 Å². The van der Waals surface area contributed by atoms with Gasteiger partial charge in [0.1, 0.15) is 11.4 Å². The summed E-state index contributed by atoms with van der Waals surface area (Å²) in [6, 6.07) is 5.02. The van der Waals surface area contributed by atoms with E-state index < -0.39 is 23.1 Å². The molecule has 0 aliphatic heterocycles. The molecule has 0 radical (unpaired) electrons. The van der Waals surface area contributed by atoms with Gasteiger partial charge in [-0.1, -0.05) is 6.07 Å². The minimum absolute atomic E-state index is 0.0367. The van der Waals surface area contributed by atoms with Crippen LogP contribution in [0, 0.1) is 0 Å². The third-order valence-corrected chi connectivity index (χ3v) is 5.73. The van der Waals surface area contributed by atoms with Crippen molar-refractivity contribution >= 4 is 38.5 Å². The minimum atomic E-state index is -1.72. The van der Waals surface area contributed by atoms with Crippen molar-refractivity contribution < 1.29 is 29.6 Å². The first-order valence-corrected chi connectivity index (χ1v) is 10.6. The zero-order chi connectivity index (χ0) is 23.6. The third kappa shape index (κ3) is 5.14. The summed E-state index contributed by atoms with van der Waals surface area (Å²) < 4.78 is 5.51. The second-order valence-corrected chi connectivity index (χ2v) is 8.79. The van der Waals surface area contributed by atoms with Gasteiger partial charge in [-0.3, -0.25) is 14.5 Å². The Balaban J connectivity index is 2.46. The van der Waals surface area contributed by atoms with Crippen molar-refractivity contribution in [2.75, 3.05) is 0 Å². The predicted octanol–water partition coefficient (Wildman–Crippen LogP) is 0.504. The van der Waals surface area contributed by atoms with Gasteiger partial charge in [-0.25, -0.2) is 0 Å². The second-order valence-electron chi connectivity index (χ2n) is 8.79. The Bertz CT molecular complexity index is 931.